The van der Waals surface area contributed by atoms with Crippen LogP contribution in [0.15, 0.2) is 24.3 Å². The Balaban J connectivity index is 2.17. The zero-order valence-electron chi connectivity index (χ0n) is 14.7. The molecule has 1 aromatic carbocycles. The van der Waals surface area contributed by atoms with Crippen LogP contribution in [0.5, 0.6) is 0 Å². The Hall–Kier alpha value is -0.643. The number of methoxy groups -OCH3 is 1. The van der Waals surface area contributed by atoms with E-state index in [1.807, 2.05) is 7.11 Å². The van der Waals surface area contributed by atoms with Gasteiger partial charge in [0.1, 0.15) is 0 Å². The molecule has 0 aliphatic carbocycles. The Morgan fingerprint density at radius 2 is 1.73 bits per heavy atom. The molecule has 0 radical (unpaired) electrons. The lowest BCUT2D eigenvalue weighted by Crippen LogP contribution is -2.53. The topological polar surface area (TPSA) is 18.5 Å². The summed E-state index contributed by atoms with van der Waals surface area (Å²) < 4.78 is 12.6. The molecule has 0 aromatic heterocycles. The van der Waals surface area contributed by atoms with Crippen LogP contribution in [0.2, 0.25) is 18.1 Å². The first kappa shape index (κ1) is 16.2. The smallest absolute Gasteiger partial charge is 0.0942 e. The fourth-order valence-electron chi connectivity index (χ4n) is 4.98. The van der Waals surface area contributed by atoms with Crippen molar-refractivity contribution in [2.75, 3.05) is 7.11 Å². The second kappa shape index (κ2) is 5.77. The minimum absolute atomic E-state index is 0.147. The molecule has 2 aliphatic heterocycles. The molecule has 0 spiro atoms. The zero-order valence-corrected chi connectivity index (χ0v) is 15.7. The summed E-state index contributed by atoms with van der Waals surface area (Å²) in [4.78, 5) is 0. The van der Waals surface area contributed by atoms with Gasteiger partial charge in [0.2, 0.25) is 0 Å². The fourth-order valence-corrected chi connectivity index (χ4v) is 9.79. The molecule has 0 saturated carbocycles. The molecule has 2 heterocycles. The van der Waals surface area contributed by atoms with Gasteiger partial charge in [0, 0.05) is 19.1 Å². The summed E-state index contributed by atoms with van der Waals surface area (Å²) in [6, 6.07) is 13.0. The number of hydrogen-bond acceptors (Lipinski definition) is 2. The standard InChI is InChI=1S/C19H30O2Si/c1-6-22(7-2,8-3)17-15-12-10-9-11-14(15)16-13-19(4,20-5)18(17)21-16/h9-12,16-18H,6-8,13H2,1-5H3/t16-,17-,18-,19+/m0/s1. The lowest BCUT2D eigenvalue weighted by Gasteiger charge is -2.46. The highest BCUT2D eigenvalue weighted by Crippen LogP contribution is 2.56. The van der Waals surface area contributed by atoms with Crippen molar-refractivity contribution in [3.8, 4) is 0 Å². The van der Waals surface area contributed by atoms with Crippen LogP contribution in [0.3, 0.4) is 0 Å². The van der Waals surface area contributed by atoms with E-state index >= 15 is 0 Å². The first-order chi connectivity index (χ1) is 10.5. The van der Waals surface area contributed by atoms with Gasteiger partial charge in [0.05, 0.1) is 25.9 Å². The molecule has 0 unspecified atom stereocenters. The molecule has 1 fully saturated rings. The molecule has 3 heteroatoms. The first-order valence-corrected chi connectivity index (χ1v) is 11.5. The molecule has 3 rings (SSSR count). The van der Waals surface area contributed by atoms with E-state index in [9.17, 15) is 0 Å². The Kier molecular flexibility index (Phi) is 4.26. The maximum Gasteiger partial charge on any atom is 0.0942 e. The minimum Gasteiger partial charge on any atom is -0.376 e. The highest BCUT2D eigenvalue weighted by Gasteiger charge is 2.58. The Morgan fingerprint density at radius 1 is 1.14 bits per heavy atom. The average Bonchev–Trinajstić information content (AvgIpc) is 2.86. The van der Waals surface area contributed by atoms with Crippen LogP contribution in [-0.2, 0) is 9.47 Å². The number of benzene rings is 1. The second-order valence-electron chi connectivity index (χ2n) is 7.30. The predicted molar refractivity (Wildman–Crippen MR) is 94.0 cm³/mol. The van der Waals surface area contributed by atoms with E-state index in [0.717, 1.165) is 6.42 Å². The molecule has 22 heavy (non-hydrogen) atoms. The van der Waals surface area contributed by atoms with Crippen LogP contribution in [0.25, 0.3) is 0 Å². The van der Waals surface area contributed by atoms with Crippen molar-refractivity contribution in [1.82, 2.24) is 0 Å². The van der Waals surface area contributed by atoms with Gasteiger partial charge in [-0.3, -0.25) is 0 Å². The van der Waals surface area contributed by atoms with Crippen LogP contribution in [0.4, 0.5) is 0 Å². The lowest BCUT2D eigenvalue weighted by atomic mass is 9.94. The molecule has 1 aromatic rings. The van der Waals surface area contributed by atoms with Gasteiger partial charge in [0.15, 0.2) is 0 Å². The molecule has 122 valence electrons. The molecule has 4 atom stereocenters. The van der Waals surface area contributed by atoms with Gasteiger partial charge >= 0.3 is 0 Å². The predicted octanol–water partition coefficient (Wildman–Crippen LogP) is 5.07. The van der Waals surface area contributed by atoms with Crippen molar-refractivity contribution >= 4 is 8.07 Å². The summed E-state index contributed by atoms with van der Waals surface area (Å²) in [6.07, 6.45) is 1.44. The average molecular weight is 319 g/mol. The first-order valence-electron chi connectivity index (χ1n) is 8.84. The highest BCUT2D eigenvalue weighted by atomic mass is 28.3. The monoisotopic (exact) mass is 318 g/mol. The third-order valence-corrected chi connectivity index (χ3v) is 12.9. The van der Waals surface area contributed by atoms with Gasteiger partial charge < -0.3 is 9.47 Å². The van der Waals surface area contributed by atoms with Gasteiger partial charge in [0.25, 0.3) is 0 Å². The van der Waals surface area contributed by atoms with Crippen molar-refractivity contribution in [3.05, 3.63) is 35.4 Å². The van der Waals surface area contributed by atoms with Crippen molar-refractivity contribution in [1.29, 1.82) is 0 Å². The largest absolute Gasteiger partial charge is 0.376 e. The van der Waals surface area contributed by atoms with E-state index in [-0.39, 0.29) is 17.8 Å². The maximum atomic E-state index is 6.56. The molecule has 1 saturated heterocycles. The molecule has 0 N–H and O–H groups in total. The van der Waals surface area contributed by atoms with Crippen LogP contribution in [0, 0.1) is 0 Å². The zero-order chi connectivity index (χ0) is 16.0. The van der Waals surface area contributed by atoms with E-state index < -0.39 is 8.07 Å². The lowest BCUT2D eigenvalue weighted by molar-refractivity contribution is -0.0704. The molecule has 2 nitrogen and oxygen atoms in total. The van der Waals surface area contributed by atoms with E-state index in [0.29, 0.717) is 5.54 Å². The van der Waals surface area contributed by atoms with E-state index in [1.54, 1.807) is 5.56 Å². The van der Waals surface area contributed by atoms with Crippen molar-refractivity contribution in [2.24, 2.45) is 0 Å². The van der Waals surface area contributed by atoms with Gasteiger partial charge in [-0.15, -0.1) is 0 Å². The van der Waals surface area contributed by atoms with Gasteiger partial charge in [-0.05, 0) is 18.1 Å². The summed E-state index contributed by atoms with van der Waals surface area (Å²) >= 11 is 0. The number of fused-ring (bicyclic) bond motifs is 4. The molecule has 0 amide bonds. The number of rotatable bonds is 5. The summed E-state index contributed by atoms with van der Waals surface area (Å²) in [5, 5.41) is 0. The number of hydrogen-bond donors (Lipinski definition) is 0. The van der Waals surface area contributed by atoms with Crippen molar-refractivity contribution in [3.63, 3.8) is 0 Å². The third-order valence-electron chi connectivity index (χ3n) is 6.72. The Bertz CT molecular complexity index is 532. The quantitative estimate of drug-likeness (QED) is 0.706. The van der Waals surface area contributed by atoms with E-state index in [4.69, 9.17) is 9.47 Å². The van der Waals surface area contributed by atoms with Crippen LogP contribution >= 0.6 is 0 Å². The summed E-state index contributed by atoms with van der Waals surface area (Å²) in [7, 11) is 0.425. The van der Waals surface area contributed by atoms with E-state index in [2.05, 4.69) is 52.0 Å². The number of ether oxygens (including phenoxy) is 2. The summed E-state index contributed by atoms with van der Waals surface area (Å²) in [5.74, 6) is 0. The highest BCUT2D eigenvalue weighted by molar-refractivity contribution is 6.81. The van der Waals surface area contributed by atoms with Gasteiger partial charge in [-0.25, -0.2) is 0 Å². The van der Waals surface area contributed by atoms with Crippen LogP contribution < -0.4 is 0 Å². The maximum absolute atomic E-state index is 6.56. The van der Waals surface area contributed by atoms with Gasteiger partial charge in [-0.2, -0.15) is 0 Å². The fraction of sp³-hybridized carbons (Fsp3) is 0.684. The Labute approximate surface area is 136 Å². The van der Waals surface area contributed by atoms with Crippen molar-refractivity contribution < 1.29 is 9.47 Å². The van der Waals surface area contributed by atoms with Crippen LogP contribution in [0.1, 0.15) is 56.9 Å². The normalized spacial score (nSPS) is 33.8. The second-order valence-corrected chi connectivity index (χ2v) is 12.8. The molecular formula is C19H30O2Si. The summed E-state index contributed by atoms with van der Waals surface area (Å²) in [5.41, 5.74) is 3.41. The third kappa shape index (κ3) is 2.13. The minimum atomic E-state index is -1.44. The van der Waals surface area contributed by atoms with Crippen molar-refractivity contribution in [2.45, 2.75) is 75.6 Å². The molecule has 2 bridgehead atoms. The molecule has 2 aliphatic rings. The van der Waals surface area contributed by atoms with Gasteiger partial charge in [-0.1, -0.05) is 63.2 Å². The Morgan fingerprint density at radius 3 is 2.27 bits per heavy atom. The summed E-state index contributed by atoms with van der Waals surface area (Å²) in [6.45, 7) is 9.45. The van der Waals surface area contributed by atoms with E-state index in [1.165, 1.54) is 23.7 Å². The SMILES string of the molecule is CC[Si](CC)(CC)[C@H]1c2ccccc2[C@@H]2C[C@@](C)(OC)[C@H]1O2. The van der Waals surface area contributed by atoms with Crippen LogP contribution in [-0.4, -0.2) is 26.9 Å². The molecular weight excluding hydrogens is 288 g/mol.